The quantitative estimate of drug-likeness (QED) is 0.683. The number of fused-ring (bicyclic) bond motifs is 1. The molecule has 0 aliphatic heterocycles. The molecule has 0 amide bonds. The third kappa shape index (κ3) is 1.53. The average Bonchev–Trinajstić information content (AvgIpc) is 2.16. The van der Waals surface area contributed by atoms with Gasteiger partial charge < -0.3 is 4.90 Å². The van der Waals surface area contributed by atoms with Gasteiger partial charge in [0.2, 0.25) is 0 Å². The van der Waals surface area contributed by atoms with Crippen molar-refractivity contribution in [2.75, 3.05) is 19.0 Å². The molecule has 0 radical (unpaired) electrons. The highest BCUT2D eigenvalue weighted by atomic mass is 15.1. The van der Waals surface area contributed by atoms with E-state index < -0.39 is 0 Å². The minimum Gasteiger partial charge on any atom is -0.361 e. The lowest BCUT2D eigenvalue weighted by Crippen LogP contribution is -2.10. The number of anilines is 1. The van der Waals surface area contributed by atoms with Crippen LogP contribution in [0.3, 0.4) is 0 Å². The summed E-state index contributed by atoms with van der Waals surface area (Å²) in [7, 11) is 3.93. The van der Waals surface area contributed by atoms with Gasteiger partial charge >= 0.3 is 0 Å². The Balaban J connectivity index is 2.63. The molecular weight excluding hydrogens is 174 g/mol. The van der Waals surface area contributed by atoms with Gasteiger partial charge in [-0.2, -0.15) is 0 Å². The molecule has 14 heavy (non-hydrogen) atoms. The number of hydrogen-bond donors (Lipinski definition) is 0. The summed E-state index contributed by atoms with van der Waals surface area (Å²) >= 11 is 0. The molecule has 2 rings (SSSR count). The highest BCUT2D eigenvalue weighted by Crippen LogP contribution is 2.14. The molecule has 0 bridgehead atoms. The van der Waals surface area contributed by atoms with Crippen LogP contribution in [0.15, 0.2) is 24.4 Å². The summed E-state index contributed by atoms with van der Waals surface area (Å²) in [6.07, 6.45) is 1.79. The lowest BCUT2D eigenvalue weighted by Gasteiger charge is -2.10. The van der Waals surface area contributed by atoms with Crippen molar-refractivity contribution in [2.24, 2.45) is 0 Å². The van der Waals surface area contributed by atoms with E-state index in [1.165, 1.54) is 5.56 Å². The number of rotatable bonds is 1. The Labute approximate surface area is 83.4 Å². The first-order valence-electron chi connectivity index (χ1n) is 4.57. The molecular formula is C11H13N3. The highest BCUT2D eigenvalue weighted by Gasteiger charge is 2.00. The molecule has 3 nitrogen and oxygen atoms in total. The standard InChI is InChI=1S/C11H13N3/c1-8-4-5-9-10(6-8)13-11(7-12-9)14(2)3/h4-7H,1-3H3. The van der Waals surface area contributed by atoms with Crippen molar-refractivity contribution < 1.29 is 0 Å². The van der Waals surface area contributed by atoms with Crippen molar-refractivity contribution in [3.63, 3.8) is 0 Å². The van der Waals surface area contributed by atoms with Crippen molar-refractivity contribution in [1.82, 2.24) is 9.97 Å². The summed E-state index contributed by atoms with van der Waals surface area (Å²) in [5, 5.41) is 0. The fourth-order valence-electron chi connectivity index (χ4n) is 1.33. The van der Waals surface area contributed by atoms with Crippen LogP contribution in [0.4, 0.5) is 5.82 Å². The topological polar surface area (TPSA) is 29.0 Å². The minimum atomic E-state index is 0.892. The van der Waals surface area contributed by atoms with Crippen LogP contribution in [-0.2, 0) is 0 Å². The van der Waals surface area contributed by atoms with Crippen LogP contribution in [0.5, 0.6) is 0 Å². The van der Waals surface area contributed by atoms with Gasteiger partial charge in [0.05, 0.1) is 17.2 Å². The van der Waals surface area contributed by atoms with Crippen LogP contribution >= 0.6 is 0 Å². The Hall–Kier alpha value is -1.64. The first kappa shape index (κ1) is 8.94. The van der Waals surface area contributed by atoms with Crippen LogP contribution in [-0.4, -0.2) is 24.1 Å². The molecule has 0 fully saturated rings. The molecule has 0 atom stereocenters. The van der Waals surface area contributed by atoms with E-state index in [4.69, 9.17) is 0 Å². The van der Waals surface area contributed by atoms with Gasteiger partial charge in [-0.3, -0.25) is 4.98 Å². The predicted molar refractivity (Wildman–Crippen MR) is 58.6 cm³/mol. The normalized spacial score (nSPS) is 10.5. The van der Waals surface area contributed by atoms with E-state index >= 15 is 0 Å². The zero-order valence-electron chi connectivity index (χ0n) is 8.65. The van der Waals surface area contributed by atoms with Crippen molar-refractivity contribution in [3.05, 3.63) is 30.0 Å². The molecule has 2 aromatic rings. The van der Waals surface area contributed by atoms with Gasteiger partial charge in [0, 0.05) is 14.1 Å². The van der Waals surface area contributed by atoms with Gasteiger partial charge in [0.25, 0.3) is 0 Å². The molecule has 72 valence electrons. The number of aromatic nitrogens is 2. The Morgan fingerprint density at radius 2 is 1.93 bits per heavy atom. The maximum absolute atomic E-state index is 4.50. The lowest BCUT2D eigenvalue weighted by atomic mass is 10.2. The largest absolute Gasteiger partial charge is 0.361 e. The van der Waals surface area contributed by atoms with Gasteiger partial charge in [0.1, 0.15) is 5.82 Å². The van der Waals surface area contributed by atoms with Crippen LogP contribution in [0.1, 0.15) is 5.56 Å². The molecule has 0 aliphatic carbocycles. The summed E-state index contributed by atoms with van der Waals surface area (Å²) < 4.78 is 0. The second kappa shape index (κ2) is 3.25. The van der Waals surface area contributed by atoms with Crippen LogP contribution < -0.4 is 4.90 Å². The fourth-order valence-corrected chi connectivity index (χ4v) is 1.33. The Morgan fingerprint density at radius 3 is 2.64 bits per heavy atom. The van der Waals surface area contributed by atoms with Crippen LogP contribution in [0.25, 0.3) is 11.0 Å². The van der Waals surface area contributed by atoms with Crippen LogP contribution in [0, 0.1) is 6.92 Å². The molecule has 0 unspecified atom stereocenters. The van der Waals surface area contributed by atoms with Crippen molar-refractivity contribution in [2.45, 2.75) is 6.92 Å². The zero-order chi connectivity index (χ0) is 10.1. The van der Waals surface area contributed by atoms with E-state index in [0.717, 1.165) is 16.9 Å². The summed E-state index contributed by atoms with van der Waals surface area (Å²) in [5.74, 6) is 0.892. The van der Waals surface area contributed by atoms with Gasteiger partial charge in [-0.25, -0.2) is 4.98 Å². The highest BCUT2D eigenvalue weighted by molar-refractivity contribution is 5.76. The molecule has 0 N–H and O–H groups in total. The summed E-state index contributed by atoms with van der Waals surface area (Å²) in [6, 6.07) is 6.10. The fraction of sp³-hybridized carbons (Fsp3) is 0.273. The van der Waals surface area contributed by atoms with E-state index in [2.05, 4.69) is 23.0 Å². The maximum atomic E-state index is 4.50. The minimum absolute atomic E-state index is 0.892. The number of hydrogen-bond acceptors (Lipinski definition) is 3. The molecule has 0 saturated carbocycles. The van der Waals surface area contributed by atoms with E-state index in [9.17, 15) is 0 Å². The van der Waals surface area contributed by atoms with E-state index in [1.807, 2.05) is 31.1 Å². The Bertz CT molecular complexity index is 463. The number of benzene rings is 1. The first-order valence-corrected chi connectivity index (χ1v) is 4.57. The van der Waals surface area contributed by atoms with Gasteiger partial charge in [-0.15, -0.1) is 0 Å². The lowest BCUT2D eigenvalue weighted by molar-refractivity contribution is 1.06. The third-order valence-electron chi connectivity index (χ3n) is 2.14. The maximum Gasteiger partial charge on any atom is 0.147 e. The number of nitrogens with zero attached hydrogens (tertiary/aromatic N) is 3. The molecule has 0 spiro atoms. The van der Waals surface area contributed by atoms with Gasteiger partial charge in [-0.1, -0.05) is 6.07 Å². The molecule has 1 aromatic heterocycles. The molecule has 1 aromatic carbocycles. The summed E-state index contributed by atoms with van der Waals surface area (Å²) in [4.78, 5) is 10.8. The van der Waals surface area contributed by atoms with Crippen molar-refractivity contribution in [1.29, 1.82) is 0 Å². The Morgan fingerprint density at radius 1 is 1.14 bits per heavy atom. The first-order chi connectivity index (χ1) is 6.66. The van der Waals surface area contributed by atoms with E-state index in [0.29, 0.717) is 0 Å². The molecule has 1 heterocycles. The third-order valence-corrected chi connectivity index (χ3v) is 2.14. The SMILES string of the molecule is Cc1ccc2ncc(N(C)C)nc2c1. The Kier molecular flexibility index (Phi) is 2.08. The van der Waals surface area contributed by atoms with E-state index in [-0.39, 0.29) is 0 Å². The predicted octanol–water partition coefficient (Wildman–Crippen LogP) is 2.00. The molecule has 0 saturated heterocycles. The van der Waals surface area contributed by atoms with Gasteiger partial charge in [0.15, 0.2) is 0 Å². The van der Waals surface area contributed by atoms with E-state index in [1.54, 1.807) is 6.20 Å². The number of aryl methyl sites for hydroxylation is 1. The molecule has 3 heteroatoms. The smallest absolute Gasteiger partial charge is 0.147 e. The second-order valence-electron chi connectivity index (χ2n) is 3.61. The average molecular weight is 187 g/mol. The second-order valence-corrected chi connectivity index (χ2v) is 3.61. The summed E-state index contributed by atoms with van der Waals surface area (Å²) in [5.41, 5.74) is 3.11. The van der Waals surface area contributed by atoms with Crippen LogP contribution in [0.2, 0.25) is 0 Å². The summed E-state index contributed by atoms with van der Waals surface area (Å²) in [6.45, 7) is 2.06. The monoisotopic (exact) mass is 187 g/mol. The van der Waals surface area contributed by atoms with Crippen molar-refractivity contribution >= 4 is 16.9 Å². The zero-order valence-corrected chi connectivity index (χ0v) is 8.65. The molecule has 0 aliphatic rings. The van der Waals surface area contributed by atoms with Crippen molar-refractivity contribution in [3.8, 4) is 0 Å². The van der Waals surface area contributed by atoms with Gasteiger partial charge in [-0.05, 0) is 24.6 Å².